The van der Waals surface area contributed by atoms with Crippen molar-refractivity contribution < 1.29 is 4.57 Å². The first-order valence-corrected chi connectivity index (χ1v) is 6.74. The molecular formula is C12H18N5S+. The molecule has 2 aromatic heterocycles. The van der Waals surface area contributed by atoms with Crippen LogP contribution >= 0.6 is 11.3 Å². The number of hydrogen-bond donors (Lipinski definition) is 2. The van der Waals surface area contributed by atoms with Crippen LogP contribution in [-0.2, 0) is 13.0 Å². The average molecular weight is 264 g/mol. The number of nitrogens with two attached hydrogens (primary N) is 2. The summed E-state index contributed by atoms with van der Waals surface area (Å²) in [6, 6.07) is 0. The summed E-state index contributed by atoms with van der Waals surface area (Å²) in [5, 5.41) is 0. The van der Waals surface area contributed by atoms with Gasteiger partial charge in [0.25, 0.3) is 0 Å². The second-order valence-corrected chi connectivity index (χ2v) is 5.17. The van der Waals surface area contributed by atoms with E-state index in [9.17, 15) is 0 Å². The topological polar surface area (TPSA) is 81.7 Å². The highest BCUT2D eigenvalue weighted by molar-refractivity contribution is 7.09. The standard InChI is InChI=1S/C12H18N5S/c1-8-11(3-4-13)18-7-17(8)6-10-5-15-9(2)16-12(10)14/h5,7H,3-4,6,13H2,1-2H3,(H2,14,15,16)/q+1. The molecule has 0 spiro atoms. The highest BCUT2D eigenvalue weighted by Crippen LogP contribution is 2.13. The Hall–Kier alpha value is -1.53. The fraction of sp³-hybridized carbons (Fsp3) is 0.417. The van der Waals surface area contributed by atoms with Crippen molar-refractivity contribution in [2.24, 2.45) is 5.73 Å². The van der Waals surface area contributed by atoms with Crippen LogP contribution in [0.1, 0.15) is 22.0 Å². The SMILES string of the molecule is Cc1ncc(C[n+]2csc(CCN)c2C)c(N)n1. The fourth-order valence-electron chi connectivity index (χ4n) is 1.80. The van der Waals surface area contributed by atoms with Crippen molar-refractivity contribution in [3.8, 4) is 0 Å². The van der Waals surface area contributed by atoms with Gasteiger partial charge >= 0.3 is 0 Å². The molecule has 6 heteroatoms. The van der Waals surface area contributed by atoms with E-state index in [1.807, 2.05) is 6.92 Å². The molecule has 2 aromatic rings. The number of rotatable bonds is 4. The van der Waals surface area contributed by atoms with E-state index in [4.69, 9.17) is 11.5 Å². The van der Waals surface area contributed by atoms with Gasteiger partial charge in [-0.05, 0) is 13.5 Å². The normalized spacial score (nSPS) is 10.8. The second kappa shape index (κ2) is 5.41. The lowest BCUT2D eigenvalue weighted by Crippen LogP contribution is -2.35. The smallest absolute Gasteiger partial charge is 0.225 e. The van der Waals surface area contributed by atoms with Crippen LogP contribution in [0.2, 0.25) is 0 Å². The highest BCUT2D eigenvalue weighted by atomic mass is 32.1. The molecule has 0 unspecified atom stereocenters. The van der Waals surface area contributed by atoms with Crippen LogP contribution in [0.5, 0.6) is 0 Å². The Kier molecular flexibility index (Phi) is 3.88. The molecule has 5 nitrogen and oxygen atoms in total. The monoisotopic (exact) mass is 264 g/mol. The Morgan fingerprint density at radius 2 is 2.17 bits per heavy atom. The zero-order valence-electron chi connectivity index (χ0n) is 10.7. The zero-order valence-corrected chi connectivity index (χ0v) is 11.5. The van der Waals surface area contributed by atoms with Crippen molar-refractivity contribution in [2.45, 2.75) is 26.8 Å². The highest BCUT2D eigenvalue weighted by Gasteiger charge is 2.16. The van der Waals surface area contributed by atoms with Crippen LogP contribution in [-0.4, -0.2) is 16.5 Å². The van der Waals surface area contributed by atoms with Gasteiger partial charge < -0.3 is 11.5 Å². The van der Waals surface area contributed by atoms with Gasteiger partial charge in [-0.2, -0.15) is 4.57 Å². The van der Waals surface area contributed by atoms with Crippen molar-refractivity contribution in [2.75, 3.05) is 12.3 Å². The van der Waals surface area contributed by atoms with E-state index < -0.39 is 0 Å². The zero-order chi connectivity index (χ0) is 13.1. The van der Waals surface area contributed by atoms with E-state index in [0.717, 1.165) is 12.0 Å². The van der Waals surface area contributed by atoms with Crippen LogP contribution < -0.4 is 16.0 Å². The summed E-state index contributed by atoms with van der Waals surface area (Å²) in [6.07, 6.45) is 2.72. The Bertz CT molecular complexity index is 549. The molecule has 0 fully saturated rings. The van der Waals surface area contributed by atoms with Gasteiger partial charge in [0.05, 0.1) is 10.4 Å². The molecule has 0 aromatic carbocycles. The largest absolute Gasteiger partial charge is 0.383 e. The van der Waals surface area contributed by atoms with E-state index in [0.29, 0.717) is 24.7 Å². The molecule has 18 heavy (non-hydrogen) atoms. The first-order chi connectivity index (χ1) is 8.61. The summed E-state index contributed by atoms with van der Waals surface area (Å²) in [6.45, 7) is 5.32. The molecule has 2 heterocycles. The van der Waals surface area contributed by atoms with Gasteiger partial charge in [0.2, 0.25) is 5.51 Å². The van der Waals surface area contributed by atoms with E-state index in [1.165, 1.54) is 10.6 Å². The summed E-state index contributed by atoms with van der Waals surface area (Å²) >= 11 is 1.73. The molecule has 0 radical (unpaired) electrons. The Balaban J connectivity index is 2.23. The van der Waals surface area contributed by atoms with Crippen LogP contribution in [0, 0.1) is 13.8 Å². The summed E-state index contributed by atoms with van der Waals surface area (Å²) < 4.78 is 2.17. The minimum atomic E-state index is 0.556. The molecule has 4 N–H and O–H groups in total. The van der Waals surface area contributed by atoms with E-state index in [2.05, 4.69) is 27.0 Å². The second-order valence-electron chi connectivity index (χ2n) is 4.23. The van der Waals surface area contributed by atoms with Crippen molar-refractivity contribution >= 4 is 17.2 Å². The maximum Gasteiger partial charge on any atom is 0.225 e. The third-order valence-electron chi connectivity index (χ3n) is 2.89. The van der Waals surface area contributed by atoms with Gasteiger partial charge in [0, 0.05) is 19.5 Å². The minimum Gasteiger partial charge on any atom is -0.383 e. The third-order valence-corrected chi connectivity index (χ3v) is 4.03. The van der Waals surface area contributed by atoms with Crippen LogP contribution in [0.3, 0.4) is 0 Å². The number of aromatic nitrogens is 3. The van der Waals surface area contributed by atoms with Gasteiger partial charge in [-0.3, -0.25) is 0 Å². The van der Waals surface area contributed by atoms with Gasteiger partial charge in [-0.1, -0.05) is 11.3 Å². The predicted octanol–water partition coefficient (Wildman–Crippen LogP) is 0.574. The molecule has 0 aliphatic heterocycles. The maximum atomic E-state index is 5.90. The number of nitrogen functional groups attached to an aromatic ring is 1. The van der Waals surface area contributed by atoms with E-state index >= 15 is 0 Å². The lowest BCUT2D eigenvalue weighted by molar-refractivity contribution is -0.689. The molecule has 0 bridgehead atoms. The molecule has 0 saturated heterocycles. The quantitative estimate of drug-likeness (QED) is 0.791. The van der Waals surface area contributed by atoms with Gasteiger partial charge in [-0.25, -0.2) is 9.97 Å². The molecule has 96 valence electrons. The molecule has 0 atom stereocenters. The Labute approximate surface area is 111 Å². The van der Waals surface area contributed by atoms with Crippen molar-refractivity contribution in [3.63, 3.8) is 0 Å². The molecular weight excluding hydrogens is 246 g/mol. The number of anilines is 1. The van der Waals surface area contributed by atoms with E-state index in [1.54, 1.807) is 17.5 Å². The number of nitrogens with zero attached hydrogens (tertiary/aromatic N) is 3. The van der Waals surface area contributed by atoms with Gasteiger partial charge in [0.1, 0.15) is 11.6 Å². The fourth-order valence-corrected chi connectivity index (χ4v) is 2.81. The number of thiazole rings is 1. The van der Waals surface area contributed by atoms with Crippen molar-refractivity contribution in [1.82, 2.24) is 9.97 Å². The molecule has 2 rings (SSSR count). The first-order valence-electron chi connectivity index (χ1n) is 5.86. The number of hydrogen-bond acceptors (Lipinski definition) is 5. The van der Waals surface area contributed by atoms with Crippen molar-refractivity contribution in [1.29, 1.82) is 0 Å². The maximum absolute atomic E-state index is 5.90. The molecule has 0 saturated carbocycles. The summed E-state index contributed by atoms with van der Waals surface area (Å²) in [7, 11) is 0. The molecule has 0 amide bonds. The van der Waals surface area contributed by atoms with Crippen LogP contribution in [0.4, 0.5) is 5.82 Å². The third kappa shape index (κ3) is 2.65. The lowest BCUT2D eigenvalue weighted by Gasteiger charge is -2.01. The predicted molar refractivity (Wildman–Crippen MR) is 72.3 cm³/mol. The average Bonchev–Trinajstić information content (AvgIpc) is 2.66. The van der Waals surface area contributed by atoms with Crippen LogP contribution in [0.15, 0.2) is 11.7 Å². The molecule has 0 aliphatic carbocycles. The minimum absolute atomic E-state index is 0.556. The number of aryl methyl sites for hydroxylation is 1. The van der Waals surface area contributed by atoms with Crippen LogP contribution in [0.25, 0.3) is 0 Å². The Morgan fingerprint density at radius 1 is 1.39 bits per heavy atom. The lowest BCUT2D eigenvalue weighted by atomic mass is 10.2. The Morgan fingerprint density at radius 3 is 2.83 bits per heavy atom. The van der Waals surface area contributed by atoms with Gasteiger partial charge in [0.15, 0.2) is 12.2 Å². The summed E-state index contributed by atoms with van der Waals surface area (Å²) in [4.78, 5) is 9.69. The summed E-state index contributed by atoms with van der Waals surface area (Å²) in [5.74, 6) is 1.26. The summed E-state index contributed by atoms with van der Waals surface area (Å²) in [5.41, 5.74) is 15.8. The van der Waals surface area contributed by atoms with Gasteiger partial charge in [-0.15, -0.1) is 0 Å². The van der Waals surface area contributed by atoms with E-state index in [-0.39, 0.29) is 0 Å². The van der Waals surface area contributed by atoms with Crippen molar-refractivity contribution in [3.05, 3.63) is 33.7 Å². The molecule has 0 aliphatic rings. The first kappa shape index (κ1) is 12.9.